The number of rotatable bonds is 3. The number of carbonyl (C=O) groups is 1. The highest BCUT2D eigenvalue weighted by atomic mass is 16.3. The van der Waals surface area contributed by atoms with Gasteiger partial charge in [-0.15, -0.1) is 0 Å². The van der Waals surface area contributed by atoms with Crippen molar-refractivity contribution < 1.29 is 9.21 Å². The van der Waals surface area contributed by atoms with Crippen LogP contribution >= 0.6 is 0 Å². The van der Waals surface area contributed by atoms with Gasteiger partial charge < -0.3 is 14.2 Å². The molecule has 5 heteroatoms. The summed E-state index contributed by atoms with van der Waals surface area (Å²) >= 11 is 0. The third-order valence-electron chi connectivity index (χ3n) is 4.20. The predicted octanol–water partition coefficient (Wildman–Crippen LogP) is 2.43. The molecule has 0 saturated carbocycles. The van der Waals surface area contributed by atoms with Gasteiger partial charge in [-0.3, -0.25) is 4.79 Å². The molecule has 0 bridgehead atoms. The first kappa shape index (κ1) is 14.8. The summed E-state index contributed by atoms with van der Waals surface area (Å²) in [6.45, 7) is 8.53. The van der Waals surface area contributed by atoms with Crippen LogP contribution in [0.3, 0.4) is 0 Å². The minimum absolute atomic E-state index is 0.0757. The number of pyridine rings is 1. The molecule has 22 heavy (non-hydrogen) atoms. The lowest BCUT2D eigenvalue weighted by Crippen LogP contribution is -2.48. The number of furan rings is 1. The van der Waals surface area contributed by atoms with Gasteiger partial charge in [-0.05, 0) is 37.7 Å². The topological polar surface area (TPSA) is 49.6 Å². The van der Waals surface area contributed by atoms with Gasteiger partial charge in [0.05, 0.1) is 17.5 Å². The Labute approximate surface area is 130 Å². The second-order valence-corrected chi connectivity index (χ2v) is 5.53. The fourth-order valence-corrected chi connectivity index (χ4v) is 2.79. The van der Waals surface area contributed by atoms with Crippen molar-refractivity contribution in [2.24, 2.45) is 0 Å². The fraction of sp³-hybridized carbons (Fsp3) is 0.412. The maximum atomic E-state index is 12.7. The van der Waals surface area contributed by atoms with Gasteiger partial charge in [0.15, 0.2) is 5.76 Å². The molecule has 0 atom stereocenters. The van der Waals surface area contributed by atoms with Gasteiger partial charge in [-0.2, -0.15) is 0 Å². The average Bonchev–Trinajstić information content (AvgIpc) is 3.09. The number of hydrogen-bond acceptors (Lipinski definition) is 4. The molecule has 3 rings (SSSR count). The van der Waals surface area contributed by atoms with E-state index in [0.29, 0.717) is 5.56 Å². The Morgan fingerprint density at radius 2 is 2.00 bits per heavy atom. The summed E-state index contributed by atoms with van der Waals surface area (Å²) in [6.07, 6.45) is 1.62. The van der Waals surface area contributed by atoms with E-state index in [9.17, 15) is 4.79 Å². The van der Waals surface area contributed by atoms with Crippen LogP contribution in [0.4, 0.5) is 0 Å². The van der Waals surface area contributed by atoms with E-state index in [-0.39, 0.29) is 5.91 Å². The highest BCUT2D eigenvalue weighted by molar-refractivity contribution is 5.95. The smallest absolute Gasteiger partial charge is 0.255 e. The first-order chi connectivity index (χ1) is 10.7. The van der Waals surface area contributed by atoms with Gasteiger partial charge in [-0.1, -0.05) is 6.92 Å². The van der Waals surface area contributed by atoms with Crippen molar-refractivity contribution in [2.45, 2.75) is 13.8 Å². The average molecular weight is 299 g/mol. The molecule has 0 radical (unpaired) electrons. The summed E-state index contributed by atoms with van der Waals surface area (Å²) in [6, 6.07) is 7.40. The molecule has 1 aliphatic heterocycles. The molecule has 5 nitrogen and oxygen atoms in total. The Morgan fingerprint density at radius 1 is 1.23 bits per heavy atom. The number of likely N-dealkylation sites (N-methyl/N-ethyl adjacent to an activating group) is 1. The second kappa shape index (κ2) is 6.32. The molecule has 0 spiro atoms. The van der Waals surface area contributed by atoms with E-state index in [2.05, 4.69) is 16.8 Å². The van der Waals surface area contributed by atoms with E-state index >= 15 is 0 Å². The number of amides is 1. The Hall–Kier alpha value is -2.14. The molecule has 1 amide bonds. The summed E-state index contributed by atoms with van der Waals surface area (Å²) < 4.78 is 5.35. The van der Waals surface area contributed by atoms with Crippen LogP contribution in [0.5, 0.6) is 0 Å². The Bertz CT molecular complexity index is 644. The van der Waals surface area contributed by atoms with Crippen molar-refractivity contribution in [3.05, 3.63) is 41.8 Å². The van der Waals surface area contributed by atoms with Crippen LogP contribution in [0.25, 0.3) is 11.5 Å². The van der Waals surface area contributed by atoms with Gasteiger partial charge in [-0.25, -0.2) is 4.98 Å². The molecule has 0 aliphatic carbocycles. The Balaban J connectivity index is 1.76. The summed E-state index contributed by atoms with van der Waals surface area (Å²) in [5.74, 6) is 0.797. The third-order valence-corrected chi connectivity index (χ3v) is 4.20. The summed E-state index contributed by atoms with van der Waals surface area (Å²) in [7, 11) is 0. The predicted molar refractivity (Wildman–Crippen MR) is 84.7 cm³/mol. The normalized spacial score (nSPS) is 16.0. The summed E-state index contributed by atoms with van der Waals surface area (Å²) in [5.41, 5.74) is 2.19. The number of aromatic nitrogens is 1. The van der Waals surface area contributed by atoms with E-state index in [4.69, 9.17) is 4.42 Å². The third kappa shape index (κ3) is 2.90. The number of hydrogen-bond donors (Lipinski definition) is 0. The van der Waals surface area contributed by atoms with Crippen molar-refractivity contribution in [3.63, 3.8) is 0 Å². The van der Waals surface area contributed by atoms with Crippen molar-refractivity contribution >= 4 is 5.91 Å². The van der Waals surface area contributed by atoms with E-state index in [1.807, 2.05) is 36.1 Å². The molecule has 116 valence electrons. The molecule has 0 N–H and O–H groups in total. The van der Waals surface area contributed by atoms with Crippen molar-refractivity contribution in [1.29, 1.82) is 0 Å². The van der Waals surface area contributed by atoms with Crippen LogP contribution < -0.4 is 0 Å². The first-order valence-electron chi connectivity index (χ1n) is 7.72. The Morgan fingerprint density at radius 3 is 2.59 bits per heavy atom. The molecule has 1 aliphatic rings. The zero-order valence-corrected chi connectivity index (χ0v) is 13.1. The highest BCUT2D eigenvalue weighted by Crippen LogP contribution is 2.20. The minimum atomic E-state index is 0.0757. The van der Waals surface area contributed by atoms with Crippen LogP contribution in [-0.2, 0) is 0 Å². The van der Waals surface area contributed by atoms with E-state index in [0.717, 1.165) is 49.9 Å². The zero-order chi connectivity index (χ0) is 15.5. The first-order valence-corrected chi connectivity index (χ1v) is 7.72. The number of aryl methyl sites for hydroxylation is 1. The van der Waals surface area contributed by atoms with Crippen LogP contribution in [0, 0.1) is 6.92 Å². The van der Waals surface area contributed by atoms with Gasteiger partial charge in [0.25, 0.3) is 5.91 Å². The second-order valence-electron chi connectivity index (χ2n) is 5.53. The van der Waals surface area contributed by atoms with Gasteiger partial charge >= 0.3 is 0 Å². The molecule has 1 fully saturated rings. The number of carbonyl (C=O) groups excluding carboxylic acids is 1. The quantitative estimate of drug-likeness (QED) is 0.873. The van der Waals surface area contributed by atoms with E-state index < -0.39 is 0 Å². The SMILES string of the molecule is CCN1CCN(C(=O)c2ccc(-c3ccco3)nc2C)CC1. The largest absolute Gasteiger partial charge is 0.463 e. The number of nitrogens with zero attached hydrogens (tertiary/aromatic N) is 3. The molecular weight excluding hydrogens is 278 g/mol. The summed E-state index contributed by atoms with van der Waals surface area (Å²) in [5, 5.41) is 0. The highest BCUT2D eigenvalue weighted by Gasteiger charge is 2.23. The maximum Gasteiger partial charge on any atom is 0.255 e. The molecule has 2 aromatic rings. The van der Waals surface area contributed by atoms with Gasteiger partial charge in [0, 0.05) is 26.2 Å². The lowest BCUT2D eigenvalue weighted by Gasteiger charge is -2.34. The molecule has 0 aromatic carbocycles. The van der Waals surface area contributed by atoms with Crippen molar-refractivity contribution in [3.8, 4) is 11.5 Å². The van der Waals surface area contributed by atoms with Crippen LogP contribution in [0.2, 0.25) is 0 Å². The van der Waals surface area contributed by atoms with Crippen molar-refractivity contribution in [1.82, 2.24) is 14.8 Å². The molecule has 2 aromatic heterocycles. The monoisotopic (exact) mass is 299 g/mol. The molecule has 3 heterocycles. The molecule has 1 saturated heterocycles. The Kier molecular flexibility index (Phi) is 4.24. The van der Waals surface area contributed by atoms with Gasteiger partial charge in [0.2, 0.25) is 0 Å². The van der Waals surface area contributed by atoms with E-state index in [1.54, 1.807) is 6.26 Å². The van der Waals surface area contributed by atoms with Crippen LogP contribution in [0.15, 0.2) is 34.9 Å². The lowest BCUT2D eigenvalue weighted by molar-refractivity contribution is 0.0642. The lowest BCUT2D eigenvalue weighted by atomic mass is 10.1. The van der Waals surface area contributed by atoms with Gasteiger partial charge in [0.1, 0.15) is 5.69 Å². The van der Waals surface area contributed by atoms with Crippen LogP contribution in [-0.4, -0.2) is 53.4 Å². The zero-order valence-electron chi connectivity index (χ0n) is 13.1. The minimum Gasteiger partial charge on any atom is -0.463 e. The van der Waals surface area contributed by atoms with E-state index in [1.165, 1.54) is 0 Å². The van der Waals surface area contributed by atoms with Crippen molar-refractivity contribution in [2.75, 3.05) is 32.7 Å². The fourth-order valence-electron chi connectivity index (χ4n) is 2.79. The molecular formula is C17H21N3O2. The maximum absolute atomic E-state index is 12.7. The van der Waals surface area contributed by atoms with Crippen LogP contribution in [0.1, 0.15) is 23.0 Å². The number of piperazine rings is 1. The molecule has 0 unspecified atom stereocenters. The standard InChI is InChI=1S/C17H21N3O2/c1-3-19-8-10-20(11-9-19)17(21)14-6-7-15(18-13(14)2)16-5-4-12-22-16/h4-7,12H,3,8-11H2,1-2H3. The summed E-state index contributed by atoms with van der Waals surface area (Å²) in [4.78, 5) is 21.4.